The molecule has 0 spiro atoms. The number of rotatable bonds is 6. The molecular weight excluding hydrogens is 405 g/mol. The minimum Gasteiger partial charge on any atom is -0.457 e. The first-order valence-electron chi connectivity index (χ1n) is 8.51. The molecule has 1 atom stereocenters. The number of anilines is 1. The number of nitrogens with one attached hydrogen (secondary N) is 1. The Kier molecular flexibility index (Phi) is 6.12. The third kappa shape index (κ3) is 5.29. The zero-order valence-electron chi connectivity index (χ0n) is 15.5. The van der Waals surface area contributed by atoms with Gasteiger partial charge in [0.25, 0.3) is 0 Å². The molecule has 1 heterocycles. The quantitative estimate of drug-likeness (QED) is 0.581. The van der Waals surface area contributed by atoms with E-state index < -0.39 is 17.3 Å². The summed E-state index contributed by atoms with van der Waals surface area (Å²) >= 11 is 0.892. The van der Waals surface area contributed by atoms with Crippen LogP contribution in [0.1, 0.15) is 12.7 Å². The molecule has 1 amide bonds. The zero-order chi connectivity index (χ0) is 21.0. The van der Waals surface area contributed by atoms with Gasteiger partial charge in [0, 0.05) is 12.7 Å². The molecule has 152 valence electrons. The number of ether oxygens (including phenoxy) is 1. The summed E-state index contributed by atoms with van der Waals surface area (Å²) in [7, 11) is 1.21. The molecule has 2 aromatic carbocycles. The van der Waals surface area contributed by atoms with Crippen molar-refractivity contribution in [3.63, 3.8) is 0 Å². The lowest BCUT2D eigenvalue weighted by molar-refractivity contribution is -0.147. The van der Waals surface area contributed by atoms with Crippen LogP contribution < -0.4 is 10.1 Å². The summed E-state index contributed by atoms with van der Waals surface area (Å²) in [4.78, 5) is 12.4. The van der Waals surface area contributed by atoms with Crippen molar-refractivity contribution in [2.45, 2.75) is 23.5 Å². The fourth-order valence-electron chi connectivity index (χ4n) is 2.35. The molecule has 6 nitrogen and oxygen atoms in total. The minimum absolute atomic E-state index is 0.00610. The van der Waals surface area contributed by atoms with Crippen LogP contribution in [-0.2, 0) is 18.0 Å². The Morgan fingerprint density at radius 3 is 2.28 bits per heavy atom. The van der Waals surface area contributed by atoms with E-state index in [0.29, 0.717) is 17.2 Å². The van der Waals surface area contributed by atoms with E-state index in [0.717, 1.165) is 16.3 Å². The normalized spacial score (nSPS) is 12.4. The molecule has 0 aliphatic heterocycles. The molecule has 0 bridgehead atoms. The van der Waals surface area contributed by atoms with Crippen LogP contribution in [0.3, 0.4) is 0 Å². The second-order valence-corrected chi connectivity index (χ2v) is 7.36. The van der Waals surface area contributed by atoms with Crippen molar-refractivity contribution in [3.05, 3.63) is 60.4 Å². The summed E-state index contributed by atoms with van der Waals surface area (Å²) in [6, 6.07) is 16.0. The van der Waals surface area contributed by atoms with Gasteiger partial charge in [-0.15, -0.1) is 10.2 Å². The van der Waals surface area contributed by atoms with Crippen LogP contribution in [-0.4, -0.2) is 25.9 Å². The van der Waals surface area contributed by atoms with Gasteiger partial charge in [-0.05, 0) is 43.3 Å². The van der Waals surface area contributed by atoms with Crippen molar-refractivity contribution < 1.29 is 22.7 Å². The van der Waals surface area contributed by atoms with E-state index in [1.54, 1.807) is 31.2 Å². The highest BCUT2D eigenvalue weighted by Crippen LogP contribution is 2.31. The van der Waals surface area contributed by atoms with Gasteiger partial charge in [0.05, 0.1) is 5.25 Å². The summed E-state index contributed by atoms with van der Waals surface area (Å²) in [6.07, 6.45) is -4.60. The highest BCUT2D eigenvalue weighted by atomic mass is 32.2. The monoisotopic (exact) mass is 422 g/mol. The van der Waals surface area contributed by atoms with Crippen LogP contribution >= 0.6 is 11.8 Å². The average molecular weight is 422 g/mol. The molecule has 1 aromatic heterocycles. The van der Waals surface area contributed by atoms with Gasteiger partial charge in [0.2, 0.25) is 11.7 Å². The van der Waals surface area contributed by atoms with Crippen LogP contribution in [0.15, 0.2) is 59.8 Å². The first-order valence-corrected chi connectivity index (χ1v) is 9.39. The zero-order valence-corrected chi connectivity index (χ0v) is 16.3. The van der Waals surface area contributed by atoms with Gasteiger partial charge < -0.3 is 14.6 Å². The molecule has 0 unspecified atom stereocenters. The molecule has 0 radical (unpaired) electrons. The number of amides is 1. The number of carbonyl (C=O) groups excluding carboxylic acids is 1. The van der Waals surface area contributed by atoms with Crippen LogP contribution in [0.2, 0.25) is 0 Å². The number of para-hydroxylation sites is 1. The number of halogens is 3. The predicted octanol–water partition coefficient (Wildman–Crippen LogP) is 4.75. The molecule has 3 aromatic rings. The lowest BCUT2D eigenvalue weighted by Crippen LogP contribution is -2.23. The summed E-state index contributed by atoms with van der Waals surface area (Å²) in [5.41, 5.74) is 0.539. The number of benzene rings is 2. The maximum absolute atomic E-state index is 12.8. The Bertz CT molecular complexity index is 975. The third-order valence-electron chi connectivity index (χ3n) is 3.84. The Balaban J connectivity index is 1.59. The largest absolute Gasteiger partial charge is 0.457 e. The topological polar surface area (TPSA) is 69.0 Å². The van der Waals surface area contributed by atoms with Crippen LogP contribution in [0.5, 0.6) is 11.5 Å². The van der Waals surface area contributed by atoms with Crippen molar-refractivity contribution >= 4 is 23.4 Å². The van der Waals surface area contributed by atoms with Gasteiger partial charge in [0.15, 0.2) is 5.16 Å². The van der Waals surface area contributed by atoms with E-state index in [1.165, 1.54) is 7.05 Å². The van der Waals surface area contributed by atoms with Crippen molar-refractivity contribution in [1.82, 2.24) is 14.8 Å². The second kappa shape index (κ2) is 8.56. The Hall–Kier alpha value is -3.01. The van der Waals surface area contributed by atoms with Gasteiger partial charge in [-0.2, -0.15) is 13.2 Å². The van der Waals surface area contributed by atoms with E-state index in [-0.39, 0.29) is 11.1 Å². The lowest BCUT2D eigenvalue weighted by Gasteiger charge is -2.12. The summed E-state index contributed by atoms with van der Waals surface area (Å²) in [5.74, 6) is -0.184. The van der Waals surface area contributed by atoms with Gasteiger partial charge in [0.1, 0.15) is 11.5 Å². The SMILES string of the molecule is C[C@H](Sc1nnc(C(F)(F)F)n1C)C(=O)Nc1ccc(Oc2ccccc2)cc1. The first-order chi connectivity index (χ1) is 13.7. The minimum atomic E-state index is -4.60. The number of hydrogen-bond acceptors (Lipinski definition) is 5. The van der Waals surface area contributed by atoms with Gasteiger partial charge >= 0.3 is 6.18 Å². The van der Waals surface area contributed by atoms with Crippen molar-refractivity contribution in [3.8, 4) is 11.5 Å². The standard InChI is InChI=1S/C19H17F3N4O2S/c1-12(29-18-25-24-17(26(18)2)19(20,21)22)16(27)23-13-8-10-15(11-9-13)28-14-6-4-3-5-7-14/h3-12H,1-2H3,(H,23,27)/t12-/m0/s1. The molecule has 0 fully saturated rings. The average Bonchev–Trinajstić information content (AvgIpc) is 3.05. The number of alkyl halides is 3. The molecule has 0 aliphatic rings. The van der Waals surface area contributed by atoms with E-state index >= 15 is 0 Å². The molecule has 10 heteroatoms. The van der Waals surface area contributed by atoms with E-state index in [4.69, 9.17) is 4.74 Å². The number of aromatic nitrogens is 3. The van der Waals surface area contributed by atoms with Crippen molar-refractivity contribution in [2.75, 3.05) is 5.32 Å². The summed E-state index contributed by atoms with van der Waals surface area (Å²) < 4.78 is 44.9. The van der Waals surface area contributed by atoms with Gasteiger partial charge in [-0.25, -0.2) is 0 Å². The highest BCUT2D eigenvalue weighted by molar-refractivity contribution is 8.00. The molecule has 0 saturated carbocycles. The van der Waals surface area contributed by atoms with Gasteiger partial charge in [-0.3, -0.25) is 4.79 Å². The Morgan fingerprint density at radius 2 is 1.69 bits per heavy atom. The van der Waals surface area contributed by atoms with Crippen LogP contribution in [0.4, 0.5) is 18.9 Å². The number of hydrogen-bond donors (Lipinski definition) is 1. The fourth-order valence-corrected chi connectivity index (χ4v) is 3.17. The number of carbonyl (C=O) groups is 1. The number of nitrogens with zero attached hydrogens (tertiary/aromatic N) is 3. The molecule has 0 aliphatic carbocycles. The lowest BCUT2D eigenvalue weighted by atomic mass is 10.3. The van der Waals surface area contributed by atoms with E-state index in [2.05, 4.69) is 15.5 Å². The highest BCUT2D eigenvalue weighted by Gasteiger charge is 2.37. The Morgan fingerprint density at radius 1 is 1.07 bits per heavy atom. The molecule has 1 N–H and O–H groups in total. The van der Waals surface area contributed by atoms with E-state index in [9.17, 15) is 18.0 Å². The first kappa shape index (κ1) is 20.7. The fraction of sp³-hybridized carbons (Fsp3) is 0.211. The summed E-state index contributed by atoms with van der Waals surface area (Å²) in [5, 5.41) is 8.71. The maximum atomic E-state index is 12.8. The smallest absolute Gasteiger partial charge is 0.451 e. The second-order valence-electron chi connectivity index (χ2n) is 6.05. The van der Waals surface area contributed by atoms with E-state index in [1.807, 2.05) is 30.3 Å². The third-order valence-corrected chi connectivity index (χ3v) is 4.97. The molecule has 3 rings (SSSR count). The number of thioether (sulfide) groups is 1. The maximum Gasteiger partial charge on any atom is 0.451 e. The van der Waals surface area contributed by atoms with Crippen molar-refractivity contribution in [1.29, 1.82) is 0 Å². The Labute approximate surface area is 169 Å². The van der Waals surface area contributed by atoms with Crippen LogP contribution in [0.25, 0.3) is 0 Å². The van der Waals surface area contributed by atoms with Crippen molar-refractivity contribution in [2.24, 2.45) is 7.05 Å². The van der Waals surface area contributed by atoms with Gasteiger partial charge in [-0.1, -0.05) is 30.0 Å². The molecule has 0 saturated heterocycles. The molecule has 29 heavy (non-hydrogen) atoms. The molecular formula is C19H17F3N4O2S. The summed E-state index contributed by atoms with van der Waals surface area (Å²) in [6.45, 7) is 1.58. The van der Waals surface area contributed by atoms with Crippen LogP contribution in [0, 0.1) is 0 Å². The predicted molar refractivity (Wildman–Crippen MR) is 103 cm³/mol.